The summed E-state index contributed by atoms with van der Waals surface area (Å²) in [5.41, 5.74) is -0.749. The smallest absolute Gasteiger partial charge is 0.100 e. The quantitative estimate of drug-likeness (QED) is 0.674. The van der Waals surface area contributed by atoms with Crippen molar-refractivity contribution >= 4 is 0 Å². The van der Waals surface area contributed by atoms with E-state index >= 15 is 0 Å². The van der Waals surface area contributed by atoms with E-state index in [1.165, 1.54) is 11.6 Å². The minimum atomic E-state index is -1.18. The number of aliphatic hydroxyl groups is 3. The van der Waals surface area contributed by atoms with Crippen LogP contribution >= 0.6 is 0 Å². The summed E-state index contributed by atoms with van der Waals surface area (Å²) < 4.78 is 0. The Labute approximate surface area is 110 Å². The summed E-state index contributed by atoms with van der Waals surface area (Å²) in [5, 5.41) is 29.8. The molecule has 104 valence electrons. The van der Waals surface area contributed by atoms with Crippen LogP contribution in [0.2, 0.25) is 0 Å². The van der Waals surface area contributed by atoms with E-state index < -0.39 is 17.3 Å². The van der Waals surface area contributed by atoms with Crippen LogP contribution in [0.3, 0.4) is 0 Å². The predicted molar refractivity (Wildman–Crippen MR) is 73.2 cm³/mol. The van der Waals surface area contributed by atoms with Crippen LogP contribution in [0.1, 0.15) is 47.0 Å². The molecule has 0 aromatic heterocycles. The van der Waals surface area contributed by atoms with E-state index in [2.05, 4.69) is 13.0 Å². The highest BCUT2D eigenvalue weighted by Gasteiger charge is 2.31. The van der Waals surface area contributed by atoms with Gasteiger partial charge >= 0.3 is 0 Å². The van der Waals surface area contributed by atoms with Gasteiger partial charge in [-0.2, -0.15) is 0 Å². The maximum Gasteiger partial charge on any atom is 0.100 e. The Hall–Kier alpha value is -0.640. The van der Waals surface area contributed by atoms with E-state index in [0.29, 0.717) is 0 Å². The molecule has 0 unspecified atom stereocenters. The molecule has 0 bridgehead atoms. The van der Waals surface area contributed by atoms with E-state index in [9.17, 15) is 15.3 Å². The van der Waals surface area contributed by atoms with Crippen molar-refractivity contribution in [3.63, 3.8) is 0 Å². The minimum Gasteiger partial charge on any atom is -0.387 e. The average molecular weight is 254 g/mol. The van der Waals surface area contributed by atoms with Crippen LogP contribution in [0, 0.1) is 5.92 Å². The zero-order valence-corrected chi connectivity index (χ0v) is 11.8. The van der Waals surface area contributed by atoms with Gasteiger partial charge in [-0.15, -0.1) is 0 Å². The summed E-state index contributed by atoms with van der Waals surface area (Å²) in [6.07, 6.45) is 7.15. The van der Waals surface area contributed by atoms with Gasteiger partial charge in [-0.25, -0.2) is 0 Å². The number of aliphatic hydroxyl groups excluding tert-OH is 1. The van der Waals surface area contributed by atoms with E-state index in [1.54, 1.807) is 26.8 Å². The molecule has 0 amide bonds. The van der Waals surface area contributed by atoms with Gasteiger partial charge in [0.1, 0.15) is 6.10 Å². The highest BCUT2D eigenvalue weighted by molar-refractivity contribution is 5.12. The van der Waals surface area contributed by atoms with Crippen LogP contribution in [0.5, 0.6) is 0 Å². The van der Waals surface area contributed by atoms with Crippen LogP contribution < -0.4 is 0 Å². The molecule has 0 aromatic carbocycles. The van der Waals surface area contributed by atoms with Crippen molar-refractivity contribution in [2.75, 3.05) is 0 Å². The Morgan fingerprint density at radius 3 is 2.39 bits per heavy atom. The van der Waals surface area contributed by atoms with E-state index in [1.807, 2.05) is 0 Å². The molecule has 0 fully saturated rings. The molecular weight excluding hydrogens is 228 g/mol. The lowest BCUT2D eigenvalue weighted by molar-refractivity contribution is -0.0245. The predicted octanol–water partition coefficient (Wildman–Crippen LogP) is 2.17. The maximum atomic E-state index is 10.4. The average Bonchev–Trinajstić information content (AvgIpc) is 2.25. The number of allylic oxidation sites excluding steroid dienone is 2. The van der Waals surface area contributed by atoms with Gasteiger partial charge in [0.2, 0.25) is 0 Å². The van der Waals surface area contributed by atoms with Gasteiger partial charge in [-0.1, -0.05) is 23.8 Å². The lowest BCUT2D eigenvalue weighted by Crippen LogP contribution is -2.37. The first-order chi connectivity index (χ1) is 8.13. The first-order valence-electron chi connectivity index (χ1n) is 6.61. The van der Waals surface area contributed by atoms with E-state index in [4.69, 9.17) is 0 Å². The molecule has 1 rings (SSSR count). The van der Waals surface area contributed by atoms with Crippen molar-refractivity contribution in [3.8, 4) is 0 Å². The Kier molecular flexibility index (Phi) is 4.76. The first-order valence-corrected chi connectivity index (χ1v) is 6.61. The van der Waals surface area contributed by atoms with Crippen LogP contribution in [0.15, 0.2) is 23.8 Å². The van der Waals surface area contributed by atoms with Crippen LogP contribution in [0.4, 0.5) is 0 Å². The summed E-state index contributed by atoms with van der Waals surface area (Å²) in [6, 6.07) is 0. The van der Waals surface area contributed by atoms with Gasteiger partial charge in [-0.3, -0.25) is 0 Å². The van der Waals surface area contributed by atoms with Crippen molar-refractivity contribution in [2.45, 2.75) is 64.3 Å². The fraction of sp³-hybridized carbons (Fsp3) is 0.733. The zero-order chi connectivity index (χ0) is 14.0. The Morgan fingerprint density at radius 1 is 1.33 bits per heavy atom. The molecule has 3 atom stereocenters. The molecule has 0 heterocycles. The molecule has 0 aromatic rings. The second-order valence-electron chi connectivity index (χ2n) is 6.21. The van der Waals surface area contributed by atoms with Gasteiger partial charge in [0.15, 0.2) is 0 Å². The van der Waals surface area contributed by atoms with Crippen molar-refractivity contribution in [1.29, 1.82) is 0 Å². The Morgan fingerprint density at radius 2 is 1.94 bits per heavy atom. The topological polar surface area (TPSA) is 60.7 Å². The molecule has 1 aliphatic carbocycles. The zero-order valence-electron chi connectivity index (χ0n) is 11.8. The third-order valence-corrected chi connectivity index (χ3v) is 3.80. The summed E-state index contributed by atoms with van der Waals surface area (Å²) in [4.78, 5) is 0. The van der Waals surface area contributed by atoms with Crippen LogP contribution in [0.25, 0.3) is 0 Å². The molecule has 1 aliphatic rings. The van der Waals surface area contributed by atoms with Crippen molar-refractivity contribution in [3.05, 3.63) is 23.8 Å². The molecule has 0 radical (unpaired) electrons. The minimum absolute atomic E-state index is 0.173. The fourth-order valence-electron chi connectivity index (χ4n) is 2.15. The molecule has 0 saturated carbocycles. The third-order valence-electron chi connectivity index (χ3n) is 3.80. The summed E-state index contributed by atoms with van der Waals surface area (Å²) >= 11 is 0. The lowest BCUT2D eigenvalue weighted by atomic mass is 9.78. The summed E-state index contributed by atoms with van der Waals surface area (Å²) in [6.45, 7) is 6.96. The van der Waals surface area contributed by atoms with E-state index in [-0.39, 0.29) is 5.92 Å². The van der Waals surface area contributed by atoms with Gasteiger partial charge in [0.05, 0.1) is 11.2 Å². The van der Waals surface area contributed by atoms with Gasteiger partial charge in [0.25, 0.3) is 0 Å². The van der Waals surface area contributed by atoms with Gasteiger partial charge < -0.3 is 15.3 Å². The van der Waals surface area contributed by atoms with Crippen molar-refractivity contribution in [2.24, 2.45) is 5.92 Å². The van der Waals surface area contributed by atoms with Crippen molar-refractivity contribution in [1.82, 2.24) is 0 Å². The monoisotopic (exact) mass is 254 g/mol. The highest BCUT2D eigenvalue weighted by atomic mass is 16.3. The van der Waals surface area contributed by atoms with Crippen LogP contribution in [-0.2, 0) is 0 Å². The molecular formula is C15H26O3. The maximum absolute atomic E-state index is 10.4. The Bertz CT molecular complexity index is 334. The SMILES string of the molecule is CC1=CC[C@@H]([C@@](C)(O)/C=C/[C@@H](O)C(C)(C)O)CC1. The second kappa shape index (κ2) is 5.55. The first kappa shape index (κ1) is 15.4. The number of rotatable bonds is 4. The third kappa shape index (κ3) is 4.23. The molecule has 3 N–H and O–H groups in total. The normalized spacial score (nSPS) is 26.8. The molecule has 0 saturated heterocycles. The van der Waals surface area contributed by atoms with Crippen molar-refractivity contribution < 1.29 is 15.3 Å². The number of hydrogen-bond donors (Lipinski definition) is 3. The summed E-state index contributed by atoms with van der Waals surface area (Å²) in [7, 11) is 0. The molecule has 0 aliphatic heterocycles. The molecule has 18 heavy (non-hydrogen) atoms. The number of hydrogen-bond acceptors (Lipinski definition) is 3. The second-order valence-corrected chi connectivity index (χ2v) is 6.21. The lowest BCUT2D eigenvalue weighted by Gasteiger charge is -2.33. The fourth-order valence-corrected chi connectivity index (χ4v) is 2.15. The highest BCUT2D eigenvalue weighted by Crippen LogP contribution is 2.33. The summed E-state index contributed by atoms with van der Waals surface area (Å²) in [5.74, 6) is 0.173. The molecule has 0 spiro atoms. The molecule has 3 heteroatoms. The van der Waals surface area contributed by atoms with Crippen LogP contribution in [-0.4, -0.2) is 32.6 Å². The van der Waals surface area contributed by atoms with Gasteiger partial charge in [-0.05, 0) is 52.9 Å². The van der Waals surface area contributed by atoms with Gasteiger partial charge in [0, 0.05) is 0 Å². The Balaban J connectivity index is 2.67. The molecule has 3 nitrogen and oxygen atoms in total. The standard InChI is InChI=1S/C15H26O3/c1-11-5-7-12(8-6-11)15(4,18)10-9-13(16)14(2,3)17/h5,9-10,12-13,16-18H,6-8H2,1-4H3/b10-9+/t12-,13-,15+/m1/s1. The van der Waals surface area contributed by atoms with E-state index in [0.717, 1.165) is 19.3 Å². The largest absolute Gasteiger partial charge is 0.387 e.